The van der Waals surface area contributed by atoms with Gasteiger partial charge in [0.2, 0.25) is 5.95 Å². The molecular weight excluding hydrogens is 551 g/mol. The second-order valence-corrected chi connectivity index (χ2v) is 10.6. The average molecular weight is 583 g/mol. The predicted octanol–water partition coefficient (Wildman–Crippen LogP) is 4.72. The number of nitrogens with one attached hydrogen (secondary N) is 3. The molecule has 2 amide bonds. The molecule has 0 bridgehead atoms. The molecule has 0 aliphatic carbocycles. The van der Waals surface area contributed by atoms with Gasteiger partial charge in [0.1, 0.15) is 11.6 Å². The minimum Gasteiger partial charge on any atom is -0.495 e. The van der Waals surface area contributed by atoms with E-state index in [1.54, 1.807) is 60.8 Å². The molecule has 0 fully saturated rings. The fourth-order valence-corrected chi connectivity index (χ4v) is 4.26. The van der Waals surface area contributed by atoms with Crippen LogP contribution >= 0.6 is 0 Å². The average Bonchev–Trinajstić information content (AvgIpc) is 3.41. The van der Waals surface area contributed by atoms with Crippen molar-refractivity contribution in [2.45, 2.75) is 26.0 Å². The zero-order chi connectivity index (χ0) is 30.6. The van der Waals surface area contributed by atoms with Crippen LogP contribution in [0, 0.1) is 5.82 Å². The van der Waals surface area contributed by atoms with Crippen LogP contribution in [0.15, 0.2) is 85.1 Å². The molecule has 2 heterocycles. The van der Waals surface area contributed by atoms with E-state index in [9.17, 15) is 19.1 Å². The number of aliphatic hydroxyl groups is 1. The molecule has 2 aromatic heterocycles. The minimum atomic E-state index is -1.02. The molecule has 0 aliphatic heterocycles. The molecular formula is C32H31FN6O4. The van der Waals surface area contributed by atoms with E-state index >= 15 is 0 Å². The van der Waals surface area contributed by atoms with Gasteiger partial charge in [-0.3, -0.25) is 9.59 Å². The number of nitrogens with zero attached hydrogens (tertiary/aromatic N) is 3. The van der Waals surface area contributed by atoms with E-state index in [0.29, 0.717) is 40.7 Å². The van der Waals surface area contributed by atoms with Crippen molar-refractivity contribution >= 4 is 29.1 Å². The van der Waals surface area contributed by atoms with E-state index in [-0.39, 0.29) is 24.2 Å². The summed E-state index contributed by atoms with van der Waals surface area (Å²) in [7, 11) is 1.50. The van der Waals surface area contributed by atoms with Crippen LogP contribution in [-0.2, 0) is 6.54 Å². The van der Waals surface area contributed by atoms with Gasteiger partial charge in [0.25, 0.3) is 11.8 Å². The van der Waals surface area contributed by atoms with Gasteiger partial charge in [0, 0.05) is 36.0 Å². The first-order valence-electron chi connectivity index (χ1n) is 13.5. The van der Waals surface area contributed by atoms with E-state index in [1.165, 1.54) is 19.2 Å². The number of hydrogen-bond donors (Lipinski definition) is 4. The first-order valence-corrected chi connectivity index (χ1v) is 13.5. The van der Waals surface area contributed by atoms with Crippen LogP contribution in [-0.4, -0.2) is 50.8 Å². The summed E-state index contributed by atoms with van der Waals surface area (Å²) in [6.07, 6.45) is 1.84. The van der Waals surface area contributed by atoms with E-state index < -0.39 is 5.60 Å². The van der Waals surface area contributed by atoms with Gasteiger partial charge in [0.15, 0.2) is 5.65 Å². The minimum absolute atomic E-state index is 0.111. The Labute approximate surface area is 247 Å². The van der Waals surface area contributed by atoms with Crippen molar-refractivity contribution in [3.63, 3.8) is 0 Å². The molecule has 0 atom stereocenters. The number of methoxy groups -OCH3 is 1. The Morgan fingerprint density at radius 3 is 2.28 bits per heavy atom. The highest BCUT2D eigenvalue weighted by molar-refractivity contribution is 5.95. The summed E-state index contributed by atoms with van der Waals surface area (Å²) in [5, 5.41) is 23.1. The maximum absolute atomic E-state index is 13.1. The van der Waals surface area contributed by atoms with E-state index in [4.69, 9.17) is 4.74 Å². The fraction of sp³-hybridized carbons (Fsp3) is 0.188. The molecule has 0 saturated carbocycles. The molecule has 220 valence electrons. The molecule has 43 heavy (non-hydrogen) atoms. The SMILES string of the molecule is COc1cc(C(=O)NCC(C)(C)O)ccc1Nc1nc2ccc(-c3ccc(C(=O)NCc4ccc(F)cc4)cc3)cn2n1. The number of ether oxygens (including phenoxy) is 1. The maximum Gasteiger partial charge on any atom is 0.251 e. The van der Waals surface area contributed by atoms with Crippen LogP contribution in [0.4, 0.5) is 16.0 Å². The van der Waals surface area contributed by atoms with E-state index in [2.05, 4.69) is 26.0 Å². The number of benzene rings is 3. The Balaban J connectivity index is 1.26. The van der Waals surface area contributed by atoms with Crippen molar-refractivity contribution in [1.29, 1.82) is 0 Å². The second kappa shape index (κ2) is 12.3. The quantitative estimate of drug-likeness (QED) is 0.188. The van der Waals surface area contributed by atoms with Crippen LogP contribution < -0.4 is 20.7 Å². The van der Waals surface area contributed by atoms with Gasteiger partial charge >= 0.3 is 0 Å². The number of fused-ring (bicyclic) bond motifs is 1. The summed E-state index contributed by atoms with van der Waals surface area (Å²) in [5.41, 5.74) is 3.63. The Hall–Kier alpha value is -5.29. The highest BCUT2D eigenvalue weighted by Crippen LogP contribution is 2.28. The number of halogens is 1. The zero-order valence-corrected chi connectivity index (χ0v) is 23.9. The fourth-order valence-electron chi connectivity index (χ4n) is 4.26. The molecule has 10 nitrogen and oxygen atoms in total. The smallest absolute Gasteiger partial charge is 0.251 e. The Bertz CT molecular complexity index is 1760. The summed E-state index contributed by atoms with van der Waals surface area (Å²) < 4.78 is 20.2. The molecule has 0 radical (unpaired) electrons. The van der Waals surface area contributed by atoms with Gasteiger partial charge in [-0.05, 0) is 79.6 Å². The summed E-state index contributed by atoms with van der Waals surface area (Å²) >= 11 is 0. The van der Waals surface area contributed by atoms with E-state index in [1.807, 2.05) is 30.5 Å². The molecule has 0 unspecified atom stereocenters. The predicted molar refractivity (Wildman–Crippen MR) is 161 cm³/mol. The lowest BCUT2D eigenvalue weighted by molar-refractivity contribution is 0.0694. The van der Waals surface area contributed by atoms with Gasteiger partial charge in [-0.2, -0.15) is 4.98 Å². The standard InChI is InChI=1S/C32H31FN6O4/c1-32(2,42)19-35-30(41)23-10-14-26(27(16-23)43-3)36-31-37-28-15-11-24(18-39(28)38-31)21-6-8-22(9-7-21)29(40)34-17-20-4-12-25(33)13-5-20/h4-16,18,42H,17,19H2,1-3H3,(H,34,40)(H,35,41)(H,36,38). The van der Waals surface area contributed by atoms with Crippen LogP contribution in [0.5, 0.6) is 5.75 Å². The first kappa shape index (κ1) is 29.2. The third kappa shape index (κ3) is 7.32. The Morgan fingerprint density at radius 2 is 1.58 bits per heavy atom. The van der Waals surface area contributed by atoms with Crippen molar-refractivity contribution in [3.8, 4) is 16.9 Å². The summed E-state index contributed by atoms with van der Waals surface area (Å²) in [6, 6.07) is 21.9. The molecule has 4 N–H and O–H groups in total. The molecule has 5 rings (SSSR count). The number of amides is 2. The largest absolute Gasteiger partial charge is 0.495 e. The number of aromatic nitrogens is 3. The normalized spacial score (nSPS) is 11.3. The van der Waals surface area contributed by atoms with Gasteiger partial charge < -0.3 is 25.8 Å². The lowest BCUT2D eigenvalue weighted by Crippen LogP contribution is -2.38. The number of hydrogen-bond acceptors (Lipinski definition) is 7. The number of carbonyl (C=O) groups excluding carboxylic acids is 2. The lowest BCUT2D eigenvalue weighted by Gasteiger charge is -2.18. The highest BCUT2D eigenvalue weighted by Gasteiger charge is 2.17. The molecule has 5 aromatic rings. The van der Waals surface area contributed by atoms with Crippen LogP contribution in [0.1, 0.15) is 40.1 Å². The van der Waals surface area contributed by atoms with Gasteiger partial charge in [-0.15, -0.1) is 5.10 Å². The topological polar surface area (TPSA) is 130 Å². The molecule has 0 spiro atoms. The van der Waals surface area contributed by atoms with E-state index in [0.717, 1.165) is 16.7 Å². The second-order valence-electron chi connectivity index (χ2n) is 10.6. The Morgan fingerprint density at radius 1 is 0.907 bits per heavy atom. The van der Waals surface area contributed by atoms with Crippen molar-refractivity contribution in [3.05, 3.63) is 108 Å². The van der Waals surface area contributed by atoms with Gasteiger partial charge in [0.05, 0.1) is 18.4 Å². The highest BCUT2D eigenvalue weighted by atomic mass is 19.1. The third-order valence-corrected chi connectivity index (χ3v) is 6.57. The number of rotatable bonds is 10. The summed E-state index contributed by atoms with van der Waals surface area (Å²) in [5.74, 6) is -0.111. The summed E-state index contributed by atoms with van der Waals surface area (Å²) in [4.78, 5) is 29.6. The third-order valence-electron chi connectivity index (χ3n) is 6.57. The Kier molecular flexibility index (Phi) is 8.35. The monoisotopic (exact) mass is 582 g/mol. The molecule has 3 aromatic carbocycles. The number of carbonyl (C=O) groups is 2. The molecule has 11 heteroatoms. The lowest BCUT2D eigenvalue weighted by atomic mass is 10.1. The van der Waals surface area contributed by atoms with Crippen molar-refractivity contribution in [2.24, 2.45) is 0 Å². The molecule has 0 saturated heterocycles. The molecule has 0 aliphatic rings. The van der Waals surface area contributed by atoms with Gasteiger partial charge in [-0.25, -0.2) is 8.91 Å². The van der Waals surface area contributed by atoms with Crippen molar-refractivity contribution < 1.29 is 23.8 Å². The first-order chi connectivity index (χ1) is 20.6. The zero-order valence-electron chi connectivity index (χ0n) is 23.9. The van der Waals surface area contributed by atoms with Crippen LogP contribution in [0.2, 0.25) is 0 Å². The van der Waals surface area contributed by atoms with Crippen molar-refractivity contribution in [1.82, 2.24) is 25.2 Å². The number of pyridine rings is 1. The van der Waals surface area contributed by atoms with Crippen molar-refractivity contribution in [2.75, 3.05) is 19.0 Å². The number of anilines is 2. The van der Waals surface area contributed by atoms with Crippen LogP contribution in [0.25, 0.3) is 16.8 Å². The van der Waals surface area contributed by atoms with Crippen LogP contribution in [0.3, 0.4) is 0 Å². The maximum atomic E-state index is 13.1. The van der Waals surface area contributed by atoms with Gasteiger partial charge in [-0.1, -0.05) is 24.3 Å². The summed E-state index contributed by atoms with van der Waals surface area (Å²) in [6.45, 7) is 3.64.